The van der Waals surface area contributed by atoms with Gasteiger partial charge in [-0.15, -0.1) is 6.58 Å². The van der Waals surface area contributed by atoms with Crippen LogP contribution in [0.3, 0.4) is 0 Å². The van der Waals surface area contributed by atoms with E-state index in [4.69, 9.17) is 17.3 Å². The molecule has 0 fully saturated rings. The van der Waals surface area contributed by atoms with Crippen LogP contribution in [0.15, 0.2) is 35.3 Å². The predicted octanol–water partition coefficient (Wildman–Crippen LogP) is 1.91. The Kier molecular flexibility index (Phi) is 6.19. The SMILES string of the molecule is C=CCN(CC(N)=O)S(=O)(=O)Cc1cccc(Br)c1Cl. The Bertz CT molecular complexity index is 619. The summed E-state index contributed by atoms with van der Waals surface area (Å²) in [4.78, 5) is 11.0. The van der Waals surface area contributed by atoms with Crippen LogP contribution in [0.1, 0.15) is 5.56 Å². The fraction of sp³-hybridized carbons (Fsp3) is 0.250. The van der Waals surface area contributed by atoms with Gasteiger partial charge in [0.2, 0.25) is 15.9 Å². The number of amides is 1. The summed E-state index contributed by atoms with van der Waals surface area (Å²) in [6.45, 7) is 3.09. The third-order valence-corrected chi connectivity index (χ3v) is 5.50. The number of hydrogen-bond acceptors (Lipinski definition) is 3. The van der Waals surface area contributed by atoms with Crippen molar-refractivity contribution in [2.24, 2.45) is 5.73 Å². The van der Waals surface area contributed by atoms with E-state index in [9.17, 15) is 13.2 Å². The second-order valence-corrected chi connectivity index (χ2v) is 7.22. The molecular weight excluding hydrogens is 368 g/mol. The average Bonchev–Trinajstić information content (AvgIpc) is 2.34. The van der Waals surface area contributed by atoms with Gasteiger partial charge in [0, 0.05) is 11.0 Å². The largest absolute Gasteiger partial charge is 0.369 e. The van der Waals surface area contributed by atoms with Crippen molar-refractivity contribution in [3.05, 3.63) is 45.9 Å². The van der Waals surface area contributed by atoms with Crippen molar-refractivity contribution in [1.29, 1.82) is 0 Å². The van der Waals surface area contributed by atoms with Crippen LogP contribution < -0.4 is 5.73 Å². The minimum Gasteiger partial charge on any atom is -0.369 e. The molecule has 0 bridgehead atoms. The van der Waals surface area contributed by atoms with Crippen LogP contribution in [-0.4, -0.2) is 31.7 Å². The minimum absolute atomic E-state index is 0.0108. The number of benzene rings is 1. The standard InChI is InChI=1S/C12H14BrClN2O3S/c1-2-6-16(7-11(15)17)20(18,19)8-9-4-3-5-10(13)12(9)14/h2-5H,1,6-8H2,(H2,15,17). The van der Waals surface area contributed by atoms with Crippen molar-refractivity contribution in [1.82, 2.24) is 4.31 Å². The van der Waals surface area contributed by atoms with E-state index < -0.39 is 15.9 Å². The number of carbonyl (C=O) groups is 1. The molecule has 0 unspecified atom stereocenters. The topological polar surface area (TPSA) is 80.5 Å². The van der Waals surface area contributed by atoms with Crippen LogP contribution in [0, 0.1) is 0 Å². The van der Waals surface area contributed by atoms with E-state index in [-0.39, 0.29) is 18.8 Å². The van der Waals surface area contributed by atoms with Gasteiger partial charge in [-0.3, -0.25) is 4.79 Å². The molecule has 5 nitrogen and oxygen atoms in total. The summed E-state index contributed by atoms with van der Waals surface area (Å²) in [5.74, 6) is -1.04. The first-order valence-corrected chi connectivity index (χ1v) is 8.36. The smallest absolute Gasteiger partial charge is 0.232 e. The van der Waals surface area contributed by atoms with Gasteiger partial charge in [0.25, 0.3) is 0 Å². The molecule has 0 aliphatic heterocycles. The minimum atomic E-state index is -3.72. The van der Waals surface area contributed by atoms with Crippen LogP contribution >= 0.6 is 27.5 Å². The number of hydrogen-bond donors (Lipinski definition) is 1. The maximum Gasteiger partial charge on any atom is 0.232 e. The molecule has 0 aliphatic carbocycles. The molecule has 8 heteroatoms. The van der Waals surface area contributed by atoms with E-state index in [0.717, 1.165) is 4.31 Å². The first-order chi connectivity index (χ1) is 9.27. The number of nitrogens with zero attached hydrogens (tertiary/aromatic N) is 1. The summed E-state index contributed by atoms with van der Waals surface area (Å²) in [5.41, 5.74) is 5.50. The molecule has 1 rings (SSSR count). The third kappa shape index (κ3) is 4.59. The second-order valence-electron chi connectivity index (χ2n) is 4.02. The van der Waals surface area contributed by atoms with Gasteiger partial charge in [0.1, 0.15) is 0 Å². The number of primary amides is 1. The maximum atomic E-state index is 12.3. The van der Waals surface area contributed by atoms with Crippen molar-refractivity contribution in [3.63, 3.8) is 0 Å². The lowest BCUT2D eigenvalue weighted by atomic mass is 10.2. The van der Waals surface area contributed by atoms with Gasteiger partial charge >= 0.3 is 0 Å². The fourth-order valence-corrected chi connectivity index (χ4v) is 3.69. The molecule has 0 aromatic heterocycles. The zero-order valence-corrected chi connectivity index (χ0v) is 13.7. The molecule has 0 radical (unpaired) electrons. The average molecular weight is 382 g/mol. The summed E-state index contributed by atoms with van der Waals surface area (Å²) < 4.78 is 26.2. The van der Waals surface area contributed by atoms with E-state index >= 15 is 0 Å². The van der Waals surface area contributed by atoms with Crippen molar-refractivity contribution in [2.75, 3.05) is 13.1 Å². The van der Waals surface area contributed by atoms with E-state index in [2.05, 4.69) is 22.5 Å². The van der Waals surface area contributed by atoms with Gasteiger partial charge in [0.05, 0.1) is 17.3 Å². The highest BCUT2D eigenvalue weighted by Gasteiger charge is 2.24. The van der Waals surface area contributed by atoms with Crippen molar-refractivity contribution in [3.8, 4) is 0 Å². The van der Waals surface area contributed by atoms with E-state index in [1.54, 1.807) is 18.2 Å². The Morgan fingerprint density at radius 3 is 2.70 bits per heavy atom. The van der Waals surface area contributed by atoms with Gasteiger partial charge in [-0.1, -0.05) is 29.8 Å². The van der Waals surface area contributed by atoms with Gasteiger partial charge in [-0.05, 0) is 27.6 Å². The zero-order chi connectivity index (χ0) is 15.3. The molecule has 1 aromatic carbocycles. The Balaban J connectivity index is 3.05. The van der Waals surface area contributed by atoms with Crippen LogP contribution in [0.5, 0.6) is 0 Å². The summed E-state index contributed by atoms with van der Waals surface area (Å²) in [7, 11) is -3.72. The summed E-state index contributed by atoms with van der Waals surface area (Å²) in [6.07, 6.45) is 1.39. The molecule has 0 aliphatic rings. The molecule has 0 saturated carbocycles. The number of halogens is 2. The van der Waals surface area contributed by atoms with Gasteiger partial charge in [-0.2, -0.15) is 4.31 Å². The zero-order valence-electron chi connectivity index (χ0n) is 10.6. The summed E-state index contributed by atoms with van der Waals surface area (Å²) in [6, 6.07) is 5.01. The van der Waals surface area contributed by atoms with Gasteiger partial charge in [0.15, 0.2) is 0 Å². The molecule has 0 saturated heterocycles. The first-order valence-electron chi connectivity index (χ1n) is 5.58. The Morgan fingerprint density at radius 2 is 2.15 bits per heavy atom. The molecule has 1 amide bonds. The Hall–Kier alpha value is -0.890. The molecule has 110 valence electrons. The second kappa shape index (κ2) is 7.21. The molecule has 2 N–H and O–H groups in total. The quantitative estimate of drug-likeness (QED) is 0.733. The number of sulfonamides is 1. The first kappa shape index (κ1) is 17.2. The summed E-state index contributed by atoms with van der Waals surface area (Å²) in [5, 5.41) is 0.328. The predicted molar refractivity (Wildman–Crippen MR) is 82.7 cm³/mol. The Morgan fingerprint density at radius 1 is 1.50 bits per heavy atom. The molecule has 0 spiro atoms. The molecular formula is C12H14BrClN2O3S. The number of nitrogens with two attached hydrogens (primary N) is 1. The highest BCUT2D eigenvalue weighted by Crippen LogP contribution is 2.27. The normalized spacial score (nSPS) is 11.6. The lowest BCUT2D eigenvalue weighted by Crippen LogP contribution is -2.39. The van der Waals surface area contributed by atoms with E-state index in [1.165, 1.54) is 6.08 Å². The van der Waals surface area contributed by atoms with Crippen molar-refractivity contribution < 1.29 is 13.2 Å². The third-order valence-electron chi connectivity index (χ3n) is 2.43. The lowest BCUT2D eigenvalue weighted by molar-refractivity contribution is -0.118. The van der Waals surface area contributed by atoms with E-state index in [0.29, 0.717) is 15.1 Å². The van der Waals surface area contributed by atoms with Crippen LogP contribution in [0.25, 0.3) is 0 Å². The van der Waals surface area contributed by atoms with Crippen LogP contribution in [0.2, 0.25) is 5.02 Å². The molecule has 0 heterocycles. The van der Waals surface area contributed by atoms with Crippen molar-refractivity contribution >= 4 is 43.5 Å². The lowest BCUT2D eigenvalue weighted by Gasteiger charge is -2.19. The molecule has 1 aromatic rings. The molecule has 20 heavy (non-hydrogen) atoms. The Labute approximate surface area is 131 Å². The van der Waals surface area contributed by atoms with E-state index in [1.807, 2.05) is 0 Å². The molecule has 0 atom stereocenters. The fourth-order valence-electron chi connectivity index (χ4n) is 1.54. The highest BCUT2D eigenvalue weighted by atomic mass is 79.9. The van der Waals surface area contributed by atoms with Gasteiger partial charge in [-0.25, -0.2) is 8.42 Å². The van der Waals surface area contributed by atoms with Crippen LogP contribution in [0.4, 0.5) is 0 Å². The monoisotopic (exact) mass is 380 g/mol. The van der Waals surface area contributed by atoms with Gasteiger partial charge < -0.3 is 5.73 Å². The summed E-state index contributed by atoms with van der Waals surface area (Å²) >= 11 is 9.28. The maximum absolute atomic E-state index is 12.3. The van der Waals surface area contributed by atoms with Crippen LogP contribution in [-0.2, 0) is 20.6 Å². The number of rotatable bonds is 7. The van der Waals surface area contributed by atoms with Crippen molar-refractivity contribution in [2.45, 2.75) is 5.75 Å². The highest BCUT2D eigenvalue weighted by molar-refractivity contribution is 9.10. The number of carbonyl (C=O) groups excluding carboxylic acids is 1.